The second-order valence-corrected chi connectivity index (χ2v) is 5.75. The van der Waals surface area contributed by atoms with Gasteiger partial charge in [0.1, 0.15) is 0 Å². The van der Waals surface area contributed by atoms with Gasteiger partial charge in [0, 0.05) is 25.8 Å². The predicted octanol–water partition coefficient (Wildman–Crippen LogP) is 2.97. The van der Waals surface area contributed by atoms with Gasteiger partial charge in [-0.2, -0.15) is 0 Å². The van der Waals surface area contributed by atoms with E-state index in [-0.39, 0.29) is 0 Å². The van der Waals surface area contributed by atoms with Gasteiger partial charge in [-0.25, -0.2) is 0 Å². The Labute approximate surface area is 100 Å². The van der Waals surface area contributed by atoms with Crippen LogP contribution in [0.4, 0.5) is 0 Å². The van der Waals surface area contributed by atoms with Crippen LogP contribution < -0.4 is 5.32 Å². The van der Waals surface area contributed by atoms with E-state index in [1.165, 1.54) is 38.5 Å². The summed E-state index contributed by atoms with van der Waals surface area (Å²) in [7, 11) is 1.79. The molecule has 2 fully saturated rings. The van der Waals surface area contributed by atoms with Gasteiger partial charge in [0.2, 0.25) is 0 Å². The summed E-state index contributed by atoms with van der Waals surface area (Å²) in [5.74, 6) is 2.05. The molecule has 0 aliphatic heterocycles. The van der Waals surface area contributed by atoms with Gasteiger partial charge in [-0.1, -0.05) is 32.1 Å². The number of methoxy groups -OCH3 is 1. The average molecular weight is 225 g/mol. The highest BCUT2D eigenvalue weighted by atomic mass is 16.5. The standard InChI is InChI=1S/C14H27NO/c1-11(8-9-16-2)15-14-10-13(14)12-6-4-3-5-7-12/h11-15H,3-10H2,1-2H3. The van der Waals surface area contributed by atoms with Crippen LogP contribution in [0.2, 0.25) is 0 Å². The molecule has 0 saturated heterocycles. The highest BCUT2D eigenvalue weighted by Gasteiger charge is 2.42. The molecule has 3 atom stereocenters. The molecule has 3 unspecified atom stereocenters. The molecule has 16 heavy (non-hydrogen) atoms. The van der Waals surface area contributed by atoms with Gasteiger partial charge in [0.05, 0.1) is 0 Å². The van der Waals surface area contributed by atoms with E-state index in [0.29, 0.717) is 6.04 Å². The summed E-state index contributed by atoms with van der Waals surface area (Å²) in [4.78, 5) is 0. The molecule has 2 heteroatoms. The number of hydrogen-bond donors (Lipinski definition) is 1. The van der Waals surface area contributed by atoms with E-state index in [4.69, 9.17) is 4.74 Å². The lowest BCUT2D eigenvalue weighted by atomic mass is 9.85. The zero-order chi connectivity index (χ0) is 11.4. The van der Waals surface area contributed by atoms with E-state index >= 15 is 0 Å². The van der Waals surface area contributed by atoms with Crippen LogP contribution in [0.1, 0.15) is 51.9 Å². The Morgan fingerprint density at radius 1 is 1.25 bits per heavy atom. The second-order valence-electron chi connectivity index (χ2n) is 5.75. The maximum absolute atomic E-state index is 5.12. The molecule has 0 aromatic carbocycles. The van der Waals surface area contributed by atoms with Crippen molar-refractivity contribution in [1.82, 2.24) is 5.32 Å². The maximum Gasteiger partial charge on any atom is 0.0476 e. The highest BCUT2D eigenvalue weighted by Crippen LogP contribution is 2.44. The fourth-order valence-electron chi connectivity index (χ4n) is 3.23. The quantitative estimate of drug-likeness (QED) is 0.750. The first-order valence-electron chi connectivity index (χ1n) is 7.06. The Morgan fingerprint density at radius 3 is 2.69 bits per heavy atom. The van der Waals surface area contributed by atoms with Gasteiger partial charge in [0.25, 0.3) is 0 Å². The molecular weight excluding hydrogens is 198 g/mol. The van der Waals surface area contributed by atoms with E-state index in [0.717, 1.165) is 30.9 Å². The number of nitrogens with one attached hydrogen (secondary N) is 1. The van der Waals surface area contributed by atoms with E-state index in [1.54, 1.807) is 7.11 Å². The summed E-state index contributed by atoms with van der Waals surface area (Å²) in [6.07, 6.45) is 10.0. The lowest BCUT2D eigenvalue weighted by Crippen LogP contribution is -2.31. The summed E-state index contributed by atoms with van der Waals surface area (Å²) in [6, 6.07) is 1.45. The molecule has 1 N–H and O–H groups in total. The van der Waals surface area contributed by atoms with Crippen LogP contribution in [0.5, 0.6) is 0 Å². The topological polar surface area (TPSA) is 21.3 Å². The molecule has 2 rings (SSSR count). The van der Waals surface area contributed by atoms with Gasteiger partial charge in [0.15, 0.2) is 0 Å². The molecule has 2 aliphatic carbocycles. The van der Waals surface area contributed by atoms with Crippen molar-refractivity contribution in [2.45, 2.75) is 64.0 Å². The van der Waals surface area contributed by atoms with Gasteiger partial charge < -0.3 is 10.1 Å². The highest BCUT2D eigenvalue weighted by molar-refractivity contribution is 4.98. The summed E-state index contributed by atoms with van der Waals surface area (Å²) >= 11 is 0. The lowest BCUT2D eigenvalue weighted by molar-refractivity contribution is 0.184. The van der Waals surface area contributed by atoms with Gasteiger partial charge in [-0.05, 0) is 31.6 Å². The molecule has 0 amide bonds. The van der Waals surface area contributed by atoms with Crippen LogP contribution >= 0.6 is 0 Å². The third-order valence-electron chi connectivity index (χ3n) is 4.35. The van der Waals surface area contributed by atoms with Crippen LogP contribution in [0.15, 0.2) is 0 Å². The molecule has 2 nitrogen and oxygen atoms in total. The Morgan fingerprint density at radius 2 is 2.00 bits per heavy atom. The van der Waals surface area contributed by atoms with Crippen molar-refractivity contribution < 1.29 is 4.74 Å². The number of hydrogen-bond acceptors (Lipinski definition) is 2. The SMILES string of the molecule is COCCC(C)NC1CC1C1CCCCC1. The first-order chi connectivity index (χ1) is 7.81. The van der Waals surface area contributed by atoms with Crippen LogP contribution in [-0.2, 0) is 4.74 Å². The van der Waals surface area contributed by atoms with Gasteiger partial charge >= 0.3 is 0 Å². The third kappa shape index (κ3) is 3.46. The van der Waals surface area contributed by atoms with Crippen LogP contribution in [0.3, 0.4) is 0 Å². The van der Waals surface area contributed by atoms with Crippen molar-refractivity contribution in [3.05, 3.63) is 0 Å². The van der Waals surface area contributed by atoms with Crippen LogP contribution in [0, 0.1) is 11.8 Å². The van der Waals surface area contributed by atoms with E-state index in [9.17, 15) is 0 Å². The Kier molecular flexibility index (Phi) is 4.66. The molecule has 0 bridgehead atoms. The molecule has 2 aliphatic rings. The van der Waals surface area contributed by atoms with Crippen molar-refractivity contribution in [2.75, 3.05) is 13.7 Å². The number of rotatable bonds is 6. The molecular formula is C14H27NO. The smallest absolute Gasteiger partial charge is 0.0476 e. The van der Waals surface area contributed by atoms with Crippen molar-refractivity contribution in [3.8, 4) is 0 Å². The second kappa shape index (κ2) is 6.02. The van der Waals surface area contributed by atoms with Crippen molar-refractivity contribution >= 4 is 0 Å². The minimum Gasteiger partial charge on any atom is -0.385 e. The maximum atomic E-state index is 5.12. The minimum absolute atomic E-state index is 0.624. The molecule has 0 aromatic heterocycles. The summed E-state index contributed by atoms with van der Waals surface area (Å²) in [5, 5.41) is 3.76. The summed E-state index contributed by atoms with van der Waals surface area (Å²) in [5.41, 5.74) is 0. The molecule has 94 valence electrons. The molecule has 0 spiro atoms. The van der Waals surface area contributed by atoms with E-state index in [2.05, 4.69) is 12.2 Å². The molecule has 0 heterocycles. The first-order valence-corrected chi connectivity index (χ1v) is 7.06. The Bertz CT molecular complexity index is 201. The zero-order valence-electron chi connectivity index (χ0n) is 10.9. The Hall–Kier alpha value is -0.0800. The third-order valence-corrected chi connectivity index (χ3v) is 4.35. The Balaban J connectivity index is 1.62. The molecule has 2 saturated carbocycles. The molecule has 0 radical (unpaired) electrons. The number of ether oxygens (including phenoxy) is 1. The normalized spacial score (nSPS) is 32.6. The fraction of sp³-hybridized carbons (Fsp3) is 1.00. The van der Waals surface area contributed by atoms with E-state index < -0.39 is 0 Å². The lowest BCUT2D eigenvalue weighted by Gasteiger charge is -2.22. The van der Waals surface area contributed by atoms with Crippen molar-refractivity contribution in [1.29, 1.82) is 0 Å². The van der Waals surface area contributed by atoms with Gasteiger partial charge in [-0.15, -0.1) is 0 Å². The predicted molar refractivity (Wildman–Crippen MR) is 67.6 cm³/mol. The van der Waals surface area contributed by atoms with Crippen molar-refractivity contribution in [2.24, 2.45) is 11.8 Å². The summed E-state index contributed by atoms with van der Waals surface area (Å²) < 4.78 is 5.12. The van der Waals surface area contributed by atoms with Crippen LogP contribution in [-0.4, -0.2) is 25.8 Å². The minimum atomic E-state index is 0.624. The van der Waals surface area contributed by atoms with Crippen molar-refractivity contribution in [3.63, 3.8) is 0 Å². The summed E-state index contributed by atoms with van der Waals surface area (Å²) in [6.45, 7) is 3.17. The largest absolute Gasteiger partial charge is 0.385 e. The van der Waals surface area contributed by atoms with Crippen LogP contribution in [0.25, 0.3) is 0 Å². The first kappa shape index (κ1) is 12.4. The molecule has 0 aromatic rings. The fourth-order valence-corrected chi connectivity index (χ4v) is 3.23. The monoisotopic (exact) mass is 225 g/mol. The average Bonchev–Trinajstić information content (AvgIpc) is 3.07. The zero-order valence-corrected chi connectivity index (χ0v) is 10.9. The van der Waals surface area contributed by atoms with E-state index in [1.807, 2.05) is 0 Å². The van der Waals surface area contributed by atoms with Gasteiger partial charge in [-0.3, -0.25) is 0 Å².